The maximum absolute atomic E-state index is 13.3. The van der Waals surface area contributed by atoms with Crippen LogP contribution < -0.4 is 0 Å². The number of hydrogen-bond acceptors (Lipinski definition) is 13. The maximum atomic E-state index is 13.3. The zero-order valence-corrected chi connectivity index (χ0v) is 28.4. The van der Waals surface area contributed by atoms with E-state index in [1.807, 2.05) is 0 Å². The molecule has 2 saturated heterocycles. The molecule has 0 aromatic heterocycles. The van der Waals surface area contributed by atoms with Gasteiger partial charge in [-0.1, -0.05) is 45.6 Å². The fourth-order valence-electron chi connectivity index (χ4n) is 7.73. The van der Waals surface area contributed by atoms with E-state index in [9.17, 15) is 34.2 Å². The monoisotopic (exact) mass is 664 g/mol. The first-order valence-electron chi connectivity index (χ1n) is 16.3. The zero-order chi connectivity index (χ0) is 35.1. The van der Waals surface area contributed by atoms with Gasteiger partial charge in [0, 0.05) is 38.5 Å². The van der Waals surface area contributed by atoms with E-state index >= 15 is 0 Å². The number of aliphatic hydroxyl groups is 2. The highest BCUT2D eigenvalue weighted by Crippen LogP contribution is 2.65. The highest BCUT2D eigenvalue weighted by Gasteiger charge is 2.88. The van der Waals surface area contributed by atoms with Crippen molar-refractivity contribution in [3.05, 3.63) is 23.8 Å². The average Bonchev–Trinajstić information content (AvgIpc) is 3.55. The molecule has 13 nitrogen and oxygen atoms in total. The lowest BCUT2D eigenvalue weighted by Gasteiger charge is -2.56. The van der Waals surface area contributed by atoms with Crippen LogP contribution in [0.2, 0.25) is 0 Å². The zero-order valence-electron chi connectivity index (χ0n) is 28.4. The van der Waals surface area contributed by atoms with Gasteiger partial charge in [-0.2, -0.15) is 0 Å². The average molecular weight is 665 g/mol. The number of ether oxygens (including phenoxy) is 6. The van der Waals surface area contributed by atoms with Crippen molar-refractivity contribution in [2.45, 2.75) is 147 Å². The van der Waals surface area contributed by atoms with Crippen molar-refractivity contribution in [3.8, 4) is 0 Å². The van der Waals surface area contributed by atoms with Crippen LogP contribution in [0, 0.1) is 11.3 Å². The maximum Gasteiger partial charge on any atom is 0.342 e. The van der Waals surface area contributed by atoms with Crippen LogP contribution in [-0.2, 0) is 52.4 Å². The lowest BCUT2D eigenvalue weighted by molar-refractivity contribution is -0.232. The predicted molar refractivity (Wildman–Crippen MR) is 163 cm³/mol. The molecule has 2 aliphatic carbocycles. The molecular formula is C34H48O13. The Bertz CT molecular complexity index is 1330. The SMILES string of the molecule is CCCCCCCC(=O)O[C@@H]1[C@@H](O)/C(C)=C\[C@@H]2OC(=O)[C@]3(C)O[C@]23C(OC(C)=O)[C@H]2[C@](C)(O)[C@H](OC(C)=O)C=C[C@]2(C)[C@H]1OC(C)=O. The summed E-state index contributed by atoms with van der Waals surface area (Å²) in [6.07, 6.45) is 0.0827. The van der Waals surface area contributed by atoms with Gasteiger partial charge in [-0.25, -0.2) is 4.79 Å². The van der Waals surface area contributed by atoms with Crippen molar-refractivity contribution >= 4 is 29.8 Å². The van der Waals surface area contributed by atoms with Crippen molar-refractivity contribution in [2.24, 2.45) is 11.3 Å². The topological polar surface area (TPSA) is 184 Å². The molecule has 2 N–H and O–H groups in total. The Morgan fingerprint density at radius 2 is 1.49 bits per heavy atom. The van der Waals surface area contributed by atoms with Gasteiger partial charge in [0.2, 0.25) is 0 Å². The summed E-state index contributed by atoms with van der Waals surface area (Å²) in [4.78, 5) is 64.3. The lowest BCUT2D eigenvalue weighted by Crippen LogP contribution is -2.69. The molecule has 2 aliphatic heterocycles. The summed E-state index contributed by atoms with van der Waals surface area (Å²) in [7, 11) is 0. The molecule has 0 bridgehead atoms. The molecule has 0 amide bonds. The first-order valence-corrected chi connectivity index (χ1v) is 16.3. The number of unbranched alkanes of at least 4 members (excludes halogenated alkanes) is 4. The fraction of sp³-hybridized carbons (Fsp3) is 0.735. The summed E-state index contributed by atoms with van der Waals surface area (Å²) < 4.78 is 35.2. The minimum atomic E-state index is -2.10. The summed E-state index contributed by atoms with van der Waals surface area (Å²) in [5.41, 5.74) is -6.86. The van der Waals surface area contributed by atoms with Gasteiger partial charge < -0.3 is 38.6 Å². The van der Waals surface area contributed by atoms with Crippen LogP contribution in [0.4, 0.5) is 0 Å². The molecule has 4 rings (SSSR count). The summed E-state index contributed by atoms with van der Waals surface area (Å²) in [6, 6.07) is 0. The van der Waals surface area contributed by atoms with Gasteiger partial charge in [0.1, 0.15) is 23.9 Å². The third-order valence-electron chi connectivity index (χ3n) is 10.1. The Morgan fingerprint density at radius 3 is 2.06 bits per heavy atom. The van der Waals surface area contributed by atoms with Gasteiger partial charge in [0.05, 0.1) is 0 Å². The summed E-state index contributed by atoms with van der Waals surface area (Å²) in [5.74, 6) is -5.08. The third kappa shape index (κ3) is 6.46. The molecule has 0 radical (unpaired) electrons. The van der Waals surface area contributed by atoms with E-state index in [1.54, 1.807) is 6.92 Å². The molecule has 2 heterocycles. The number of epoxide rings is 1. The van der Waals surface area contributed by atoms with Crippen molar-refractivity contribution in [1.29, 1.82) is 0 Å². The first kappa shape index (κ1) is 36.5. The van der Waals surface area contributed by atoms with Crippen LogP contribution in [0.5, 0.6) is 0 Å². The Hall–Kier alpha value is -3.29. The second kappa shape index (κ2) is 13.3. The Labute approximate surface area is 274 Å². The van der Waals surface area contributed by atoms with Crippen molar-refractivity contribution in [2.75, 3.05) is 0 Å². The van der Waals surface area contributed by atoms with E-state index in [1.165, 1.54) is 39.0 Å². The molecule has 4 aliphatic rings. The Balaban J connectivity index is 1.96. The van der Waals surface area contributed by atoms with E-state index < -0.39 is 94.6 Å². The molecule has 47 heavy (non-hydrogen) atoms. The number of esters is 5. The Morgan fingerprint density at radius 1 is 0.894 bits per heavy atom. The van der Waals surface area contributed by atoms with Crippen LogP contribution in [0.15, 0.2) is 23.8 Å². The van der Waals surface area contributed by atoms with Gasteiger partial charge in [0.25, 0.3) is 0 Å². The normalized spacial score (nSPS) is 41.5. The van der Waals surface area contributed by atoms with E-state index in [-0.39, 0.29) is 12.0 Å². The molecule has 0 saturated carbocycles. The van der Waals surface area contributed by atoms with Crippen LogP contribution in [0.1, 0.15) is 93.9 Å². The molecule has 1 spiro atoms. The first-order chi connectivity index (χ1) is 21.9. The van der Waals surface area contributed by atoms with Crippen molar-refractivity contribution < 1.29 is 62.6 Å². The quantitative estimate of drug-likeness (QED) is 0.114. The summed E-state index contributed by atoms with van der Waals surface area (Å²) in [5, 5.41) is 24.2. The van der Waals surface area contributed by atoms with Crippen molar-refractivity contribution in [3.63, 3.8) is 0 Å². The molecule has 13 heteroatoms. The summed E-state index contributed by atoms with van der Waals surface area (Å²) >= 11 is 0. The van der Waals surface area contributed by atoms with Crippen LogP contribution in [0.3, 0.4) is 0 Å². The minimum absolute atomic E-state index is 0.0380. The van der Waals surface area contributed by atoms with E-state index in [0.29, 0.717) is 6.42 Å². The third-order valence-corrected chi connectivity index (χ3v) is 10.1. The second-order valence-electron chi connectivity index (χ2n) is 13.7. The van der Waals surface area contributed by atoms with Crippen LogP contribution in [0.25, 0.3) is 0 Å². The van der Waals surface area contributed by atoms with Crippen molar-refractivity contribution in [1.82, 2.24) is 0 Å². The van der Waals surface area contributed by atoms with E-state index in [2.05, 4.69) is 6.92 Å². The van der Waals surface area contributed by atoms with Gasteiger partial charge in [-0.05, 0) is 44.9 Å². The van der Waals surface area contributed by atoms with E-state index in [4.69, 9.17) is 28.4 Å². The molecule has 0 aromatic carbocycles. The van der Waals surface area contributed by atoms with Gasteiger partial charge >= 0.3 is 29.8 Å². The van der Waals surface area contributed by atoms with Gasteiger partial charge in [0.15, 0.2) is 29.5 Å². The lowest BCUT2D eigenvalue weighted by atomic mass is 9.55. The van der Waals surface area contributed by atoms with E-state index in [0.717, 1.165) is 46.5 Å². The highest BCUT2D eigenvalue weighted by molar-refractivity contribution is 5.89. The molecule has 1 unspecified atom stereocenters. The number of rotatable bonds is 10. The smallest absolute Gasteiger partial charge is 0.342 e. The van der Waals surface area contributed by atoms with Gasteiger partial charge in [-0.15, -0.1) is 0 Å². The molecule has 2 fully saturated rings. The largest absolute Gasteiger partial charge is 0.459 e. The highest BCUT2D eigenvalue weighted by atomic mass is 16.7. The fourth-order valence-corrected chi connectivity index (χ4v) is 7.73. The van der Waals surface area contributed by atoms with Crippen LogP contribution >= 0.6 is 0 Å². The standard InChI is InChI=1S/C34H48O13/c1-9-10-11-12-13-14-24(38)46-26-25(39)18(2)17-23-34(33(8,47-34)30(40)45-23)29(44-21(5)37)27-31(6,28(26)43-20(4)36)16-15-22(32(27,7)41)42-19(3)35/h15-17,22-23,25-29,39,41H,9-14H2,1-8H3/b18-17-/t22-,23+,25+,26-,27-,28+,29?,31+,32-,33+,34+/m1/s1. The predicted octanol–water partition coefficient (Wildman–Crippen LogP) is 2.77. The summed E-state index contributed by atoms with van der Waals surface area (Å²) in [6.45, 7) is 11.5. The Kier molecular flexibility index (Phi) is 10.4. The molecular weight excluding hydrogens is 616 g/mol. The van der Waals surface area contributed by atoms with Crippen LogP contribution in [-0.4, -0.2) is 93.5 Å². The molecule has 11 atom stereocenters. The number of fused-ring (bicyclic) bond motifs is 1. The minimum Gasteiger partial charge on any atom is -0.459 e. The second-order valence-corrected chi connectivity index (χ2v) is 13.7. The number of hydrogen-bond donors (Lipinski definition) is 2. The number of aliphatic hydroxyl groups excluding tert-OH is 1. The molecule has 0 aromatic rings. The number of carbonyl (C=O) groups excluding carboxylic acids is 5. The molecule has 262 valence electrons. The van der Waals surface area contributed by atoms with Gasteiger partial charge in [-0.3, -0.25) is 19.2 Å². The number of carbonyl (C=O) groups is 5.